The van der Waals surface area contributed by atoms with E-state index in [-0.39, 0.29) is 11.9 Å². The van der Waals surface area contributed by atoms with Crippen molar-refractivity contribution < 1.29 is 19.1 Å². The van der Waals surface area contributed by atoms with Gasteiger partial charge in [0.25, 0.3) is 0 Å². The Morgan fingerprint density at radius 3 is 1.28 bits per heavy atom. The minimum absolute atomic E-state index is 0.319. The van der Waals surface area contributed by atoms with Crippen molar-refractivity contribution in [2.75, 3.05) is 13.2 Å². The van der Waals surface area contributed by atoms with Crippen LogP contribution in [0.2, 0.25) is 0 Å². The standard InChI is InChI=1S/C28H42O4/c29-27(31-21-9-5-1-3-7-11-23-13-14-23)25-17-19-26(20-18-25)28(30)32-22-10-6-2-4-8-12-24-15-16-24/h17-20,23-24H,1-16,21-22H2. The molecule has 2 saturated carbocycles. The zero-order valence-electron chi connectivity index (χ0n) is 19.8. The summed E-state index contributed by atoms with van der Waals surface area (Å²) in [6, 6.07) is 6.60. The van der Waals surface area contributed by atoms with Crippen molar-refractivity contribution >= 4 is 11.9 Å². The van der Waals surface area contributed by atoms with Gasteiger partial charge in [0, 0.05) is 0 Å². The largest absolute Gasteiger partial charge is 0.462 e. The number of benzene rings is 1. The molecule has 0 atom stereocenters. The fourth-order valence-electron chi connectivity index (χ4n) is 4.18. The molecule has 3 rings (SSSR count). The monoisotopic (exact) mass is 442 g/mol. The molecule has 4 heteroatoms. The minimum atomic E-state index is -0.319. The van der Waals surface area contributed by atoms with Crippen molar-refractivity contribution in [2.24, 2.45) is 11.8 Å². The highest BCUT2D eigenvalue weighted by Crippen LogP contribution is 2.34. The lowest BCUT2D eigenvalue weighted by atomic mass is 10.1. The second-order valence-electron chi connectivity index (χ2n) is 9.85. The fourth-order valence-corrected chi connectivity index (χ4v) is 4.18. The Kier molecular flexibility index (Phi) is 11.1. The normalized spacial score (nSPS) is 15.5. The molecular formula is C28H42O4. The van der Waals surface area contributed by atoms with Crippen LogP contribution < -0.4 is 0 Å². The first-order valence-corrected chi connectivity index (χ1v) is 13.2. The van der Waals surface area contributed by atoms with Gasteiger partial charge in [-0.3, -0.25) is 0 Å². The lowest BCUT2D eigenvalue weighted by Crippen LogP contribution is -2.09. The molecule has 1 aromatic rings. The van der Waals surface area contributed by atoms with Crippen molar-refractivity contribution in [3.05, 3.63) is 35.4 Å². The van der Waals surface area contributed by atoms with Crippen molar-refractivity contribution in [3.8, 4) is 0 Å². The number of esters is 2. The Hall–Kier alpha value is -1.84. The molecule has 0 saturated heterocycles. The highest BCUT2D eigenvalue weighted by atomic mass is 16.5. The summed E-state index contributed by atoms with van der Waals surface area (Å²) >= 11 is 0. The number of rotatable bonds is 18. The summed E-state index contributed by atoms with van der Waals surface area (Å²) in [4.78, 5) is 24.3. The van der Waals surface area contributed by atoms with E-state index in [4.69, 9.17) is 9.47 Å². The number of unbranched alkanes of at least 4 members (excludes halogenated alkanes) is 8. The SMILES string of the molecule is O=C(OCCCCCCCC1CC1)c1ccc(C(=O)OCCCCCCCC2CC2)cc1. The average Bonchev–Trinajstić information content (AvgIpc) is 3.73. The topological polar surface area (TPSA) is 52.6 Å². The summed E-state index contributed by atoms with van der Waals surface area (Å²) in [5, 5.41) is 0. The van der Waals surface area contributed by atoms with Gasteiger partial charge in [-0.2, -0.15) is 0 Å². The lowest BCUT2D eigenvalue weighted by molar-refractivity contribution is 0.0483. The second kappa shape index (κ2) is 14.3. The molecule has 0 unspecified atom stereocenters. The third-order valence-electron chi connectivity index (χ3n) is 6.73. The maximum atomic E-state index is 12.2. The van der Waals surface area contributed by atoms with Gasteiger partial charge < -0.3 is 9.47 Å². The molecule has 2 aliphatic rings. The van der Waals surface area contributed by atoms with Crippen LogP contribution in [-0.2, 0) is 9.47 Å². The van der Waals surface area contributed by atoms with Gasteiger partial charge in [-0.1, -0.05) is 89.9 Å². The highest BCUT2D eigenvalue weighted by molar-refractivity contribution is 5.93. The van der Waals surface area contributed by atoms with Gasteiger partial charge in [-0.05, 0) is 48.9 Å². The molecule has 4 nitrogen and oxygen atoms in total. The van der Waals surface area contributed by atoms with E-state index >= 15 is 0 Å². The summed E-state index contributed by atoms with van der Waals surface area (Å²) in [7, 11) is 0. The Morgan fingerprint density at radius 1 is 0.562 bits per heavy atom. The van der Waals surface area contributed by atoms with Gasteiger partial charge in [0.2, 0.25) is 0 Å². The van der Waals surface area contributed by atoms with E-state index in [0.717, 1.165) is 37.5 Å². The van der Waals surface area contributed by atoms with E-state index in [9.17, 15) is 9.59 Å². The van der Waals surface area contributed by atoms with Crippen LogP contribution in [0.5, 0.6) is 0 Å². The number of carbonyl (C=O) groups excluding carboxylic acids is 2. The molecule has 0 heterocycles. The third kappa shape index (κ3) is 10.7. The van der Waals surface area contributed by atoms with Gasteiger partial charge in [0.1, 0.15) is 0 Å². The minimum Gasteiger partial charge on any atom is -0.462 e. The van der Waals surface area contributed by atoms with Crippen LogP contribution in [0, 0.1) is 11.8 Å². The number of ether oxygens (including phenoxy) is 2. The van der Waals surface area contributed by atoms with Crippen LogP contribution in [0.1, 0.15) is 123 Å². The molecule has 2 fully saturated rings. The van der Waals surface area contributed by atoms with E-state index < -0.39 is 0 Å². The molecule has 0 bridgehead atoms. The van der Waals surface area contributed by atoms with Crippen LogP contribution in [-0.4, -0.2) is 25.2 Å². The van der Waals surface area contributed by atoms with Crippen LogP contribution in [0.3, 0.4) is 0 Å². The van der Waals surface area contributed by atoms with E-state index in [1.54, 1.807) is 24.3 Å². The Bertz CT molecular complexity index is 614. The molecule has 0 aliphatic heterocycles. The second-order valence-corrected chi connectivity index (χ2v) is 9.85. The highest BCUT2D eigenvalue weighted by Gasteiger charge is 2.20. The molecule has 32 heavy (non-hydrogen) atoms. The zero-order chi connectivity index (χ0) is 22.4. The number of hydrogen-bond donors (Lipinski definition) is 0. The summed E-state index contributed by atoms with van der Waals surface area (Å²) in [5.41, 5.74) is 0.967. The quantitative estimate of drug-likeness (QED) is 0.174. The Balaban J connectivity index is 1.18. The first-order chi connectivity index (χ1) is 15.7. The summed E-state index contributed by atoms with van der Waals surface area (Å²) in [6.45, 7) is 0.928. The molecule has 0 spiro atoms. The van der Waals surface area contributed by atoms with E-state index in [1.807, 2.05) is 0 Å². The maximum Gasteiger partial charge on any atom is 0.338 e. The van der Waals surface area contributed by atoms with Crippen molar-refractivity contribution in [1.82, 2.24) is 0 Å². The van der Waals surface area contributed by atoms with E-state index in [2.05, 4.69) is 0 Å². The van der Waals surface area contributed by atoms with Crippen molar-refractivity contribution in [3.63, 3.8) is 0 Å². The average molecular weight is 443 g/mol. The number of carbonyl (C=O) groups is 2. The van der Waals surface area contributed by atoms with E-state index in [0.29, 0.717) is 24.3 Å². The van der Waals surface area contributed by atoms with Crippen molar-refractivity contribution in [2.45, 2.75) is 103 Å². The Labute approximate surface area is 194 Å². The summed E-state index contributed by atoms with van der Waals surface area (Å²) < 4.78 is 10.7. The molecule has 0 radical (unpaired) electrons. The van der Waals surface area contributed by atoms with Crippen molar-refractivity contribution in [1.29, 1.82) is 0 Å². The van der Waals surface area contributed by atoms with Gasteiger partial charge >= 0.3 is 11.9 Å². The molecule has 0 aromatic heterocycles. The third-order valence-corrected chi connectivity index (χ3v) is 6.73. The molecule has 178 valence electrons. The van der Waals surface area contributed by atoms with Gasteiger partial charge in [0.15, 0.2) is 0 Å². The van der Waals surface area contributed by atoms with E-state index in [1.165, 1.54) is 77.0 Å². The van der Waals surface area contributed by atoms with Gasteiger partial charge in [0.05, 0.1) is 24.3 Å². The molecule has 0 N–H and O–H groups in total. The molecular weight excluding hydrogens is 400 g/mol. The smallest absolute Gasteiger partial charge is 0.338 e. The van der Waals surface area contributed by atoms with Crippen LogP contribution in [0.4, 0.5) is 0 Å². The predicted molar refractivity (Wildman–Crippen MR) is 128 cm³/mol. The first kappa shape index (κ1) is 24.8. The lowest BCUT2D eigenvalue weighted by Gasteiger charge is -2.07. The zero-order valence-corrected chi connectivity index (χ0v) is 19.8. The predicted octanol–water partition coefficient (Wildman–Crippen LogP) is 7.50. The van der Waals surface area contributed by atoms with Crippen LogP contribution >= 0.6 is 0 Å². The summed E-state index contributed by atoms with van der Waals surface area (Å²) in [5.74, 6) is 1.42. The maximum absolute atomic E-state index is 12.2. The van der Waals surface area contributed by atoms with Gasteiger partial charge in [-0.15, -0.1) is 0 Å². The molecule has 1 aromatic carbocycles. The fraction of sp³-hybridized carbons (Fsp3) is 0.714. The number of hydrogen-bond acceptors (Lipinski definition) is 4. The van der Waals surface area contributed by atoms with Crippen LogP contribution in [0.25, 0.3) is 0 Å². The first-order valence-electron chi connectivity index (χ1n) is 13.2. The summed E-state index contributed by atoms with van der Waals surface area (Å²) in [6.07, 6.45) is 20.4. The van der Waals surface area contributed by atoms with Gasteiger partial charge in [-0.25, -0.2) is 9.59 Å². The molecule has 2 aliphatic carbocycles. The molecule has 0 amide bonds. The van der Waals surface area contributed by atoms with Crippen LogP contribution in [0.15, 0.2) is 24.3 Å². The Morgan fingerprint density at radius 2 is 0.906 bits per heavy atom.